The molecule has 2 aromatic rings. The van der Waals surface area contributed by atoms with Crippen LogP contribution in [0.5, 0.6) is 0 Å². The van der Waals surface area contributed by atoms with Gasteiger partial charge in [-0.05, 0) is 54.5 Å². The average molecular weight is 395 g/mol. The summed E-state index contributed by atoms with van der Waals surface area (Å²) in [5.41, 5.74) is 4.73. The molecule has 0 saturated carbocycles. The Morgan fingerprint density at radius 2 is 1.66 bits per heavy atom. The Morgan fingerprint density at radius 1 is 1.03 bits per heavy atom. The standard InChI is InChI=1S/C24H30N2O3/c1-17(25-18(2)27)21-6-8-22(9-7-21)23-12-14-26(15-13-23)24-10-4-20(5-11-24)16-29-19(3)28/h4-11,17,23H,12-16H2,1-3H3,(H,25,27). The minimum atomic E-state index is -0.256. The number of ether oxygens (including phenoxy) is 1. The highest BCUT2D eigenvalue weighted by atomic mass is 16.5. The SMILES string of the molecule is CC(=O)NC(C)c1ccc(C2CCN(c3ccc(COC(C)=O)cc3)CC2)cc1. The number of esters is 1. The molecule has 2 aromatic carbocycles. The zero-order valence-electron chi connectivity index (χ0n) is 17.5. The number of amides is 1. The highest BCUT2D eigenvalue weighted by Crippen LogP contribution is 2.31. The molecule has 0 bridgehead atoms. The molecule has 1 amide bonds. The highest BCUT2D eigenvalue weighted by molar-refractivity contribution is 5.73. The van der Waals surface area contributed by atoms with E-state index < -0.39 is 0 Å². The molecule has 1 fully saturated rings. The predicted octanol–water partition coefficient (Wildman–Crippen LogP) is 4.33. The number of anilines is 1. The van der Waals surface area contributed by atoms with Gasteiger partial charge in [-0.3, -0.25) is 9.59 Å². The van der Waals surface area contributed by atoms with Crippen LogP contribution >= 0.6 is 0 Å². The maximum absolute atomic E-state index is 11.2. The van der Waals surface area contributed by atoms with E-state index in [1.165, 1.54) is 18.2 Å². The van der Waals surface area contributed by atoms with Crippen molar-refractivity contribution in [1.29, 1.82) is 0 Å². The van der Waals surface area contributed by atoms with E-state index in [9.17, 15) is 9.59 Å². The first-order valence-corrected chi connectivity index (χ1v) is 10.3. The van der Waals surface area contributed by atoms with Gasteiger partial charge in [-0.25, -0.2) is 0 Å². The second-order valence-electron chi connectivity index (χ2n) is 7.80. The zero-order valence-corrected chi connectivity index (χ0v) is 17.5. The van der Waals surface area contributed by atoms with Crippen molar-refractivity contribution in [3.63, 3.8) is 0 Å². The van der Waals surface area contributed by atoms with Crippen molar-refractivity contribution >= 4 is 17.6 Å². The minimum Gasteiger partial charge on any atom is -0.461 e. The molecule has 1 aliphatic rings. The van der Waals surface area contributed by atoms with Crippen molar-refractivity contribution in [3.05, 3.63) is 65.2 Å². The molecule has 5 nitrogen and oxygen atoms in total. The Labute approximate surface area is 173 Å². The minimum absolute atomic E-state index is 0.00615. The Morgan fingerprint density at radius 3 is 2.21 bits per heavy atom. The maximum atomic E-state index is 11.2. The molecular formula is C24H30N2O3. The maximum Gasteiger partial charge on any atom is 0.302 e. The number of nitrogens with one attached hydrogen (secondary N) is 1. The van der Waals surface area contributed by atoms with E-state index in [-0.39, 0.29) is 17.9 Å². The molecule has 0 aromatic heterocycles. The fraction of sp³-hybridized carbons (Fsp3) is 0.417. The van der Waals surface area contributed by atoms with E-state index in [4.69, 9.17) is 4.74 Å². The van der Waals surface area contributed by atoms with Gasteiger partial charge >= 0.3 is 5.97 Å². The molecule has 0 aliphatic carbocycles. The van der Waals surface area contributed by atoms with Gasteiger partial charge < -0.3 is 15.0 Å². The lowest BCUT2D eigenvalue weighted by molar-refractivity contribution is -0.142. The summed E-state index contributed by atoms with van der Waals surface area (Å²) in [6, 6.07) is 17.0. The molecular weight excluding hydrogens is 364 g/mol. The third-order valence-corrected chi connectivity index (χ3v) is 5.57. The smallest absolute Gasteiger partial charge is 0.302 e. The topological polar surface area (TPSA) is 58.6 Å². The Kier molecular flexibility index (Phi) is 6.91. The van der Waals surface area contributed by atoms with Crippen LogP contribution in [0.25, 0.3) is 0 Å². The highest BCUT2D eigenvalue weighted by Gasteiger charge is 2.21. The van der Waals surface area contributed by atoms with Crippen LogP contribution in [0.2, 0.25) is 0 Å². The summed E-state index contributed by atoms with van der Waals surface area (Å²) in [7, 11) is 0. The van der Waals surface area contributed by atoms with Crippen molar-refractivity contribution in [2.24, 2.45) is 0 Å². The molecule has 0 spiro atoms. The number of hydrogen-bond acceptors (Lipinski definition) is 4. The van der Waals surface area contributed by atoms with Crippen molar-refractivity contribution in [2.75, 3.05) is 18.0 Å². The van der Waals surface area contributed by atoms with Crippen LogP contribution in [0.4, 0.5) is 5.69 Å². The first-order valence-electron chi connectivity index (χ1n) is 10.3. The van der Waals surface area contributed by atoms with Crippen molar-refractivity contribution in [2.45, 2.75) is 52.2 Å². The van der Waals surface area contributed by atoms with E-state index in [1.54, 1.807) is 6.92 Å². The van der Waals surface area contributed by atoms with Crippen LogP contribution in [-0.2, 0) is 20.9 Å². The summed E-state index contributed by atoms with van der Waals surface area (Å²) in [5.74, 6) is 0.307. The van der Waals surface area contributed by atoms with Gasteiger partial charge in [-0.1, -0.05) is 36.4 Å². The van der Waals surface area contributed by atoms with Crippen LogP contribution in [0.3, 0.4) is 0 Å². The fourth-order valence-electron chi connectivity index (χ4n) is 3.90. The van der Waals surface area contributed by atoms with Gasteiger partial charge in [0.25, 0.3) is 0 Å². The quantitative estimate of drug-likeness (QED) is 0.741. The zero-order chi connectivity index (χ0) is 20.8. The van der Waals surface area contributed by atoms with Gasteiger partial charge in [0.15, 0.2) is 0 Å². The Bertz CT molecular complexity index is 822. The molecule has 1 N–H and O–H groups in total. The van der Waals surface area contributed by atoms with Gasteiger partial charge in [-0.2, -0.15) is 0 Å². The van der Waals surface area contributed by atoms with E-state index >= 15 is 0 Å². The molecule has 1 heterocycles. The van der Waals surface area contributed by atoms with Gasteiger partial charge in [0.1, 0.15) is 6.61 Å². The second-order valence-corrected chi connectivity index (χ2v) is 7.80. The first kappa shape index (κ1) is 20.9. The molecule has 5 heteroatoms. The summed E-state index contributed by atoms with van der Waals surface area (Å²) in [6.45, 7) is 7.36. The molecule has 0 radical (unpaired) electrons. The summed E-state index contributed by atoms with van der Waals surface area (Å²) < 4.78 is 5.05. The monoisotopic (exact) mass is 394 g/mol. The summed E-state index contributed by atoms with van der Waals surface area (Å²) in [5, 5.41) is 2.93. The van der Waals surface area contributed by atoms with Crippen molar-refractivity contribution in [1.82, 2.24) is 5.32 Å². The summed E-state index contributed by atoms with van der Waals surface area (Å²) in [4.78, 5) is 24.6. The number of hydrogen-bond donors (Lipinski definition) is 1. The number of benzene rings is 2. The van der Waals surface area contributed by atoms with E-state index in [0.717, 1.165) is 37.1 Å². The Balaban J connectivity index is 1.53. The number of carbonyl (C=O) groups is 2. The summed E-state index contributed by atoms with van der Waals surface area (Å²) >= 11 is 0. The second kappa shape index (κ2) is 9.59. The van der Waals surface area contributed by atoms with Crippen molar-refractivity contribution in [3.8, 4) is 0 Å². The van der Waals surface area contributed by atoms with Crippen LogP contribution in [0, 0.1) is 0 Å². The fourth-order valence-corrected chi connectivity index (χ4v) is 3.90. The van der Waals surface area contributed by atoms with Crippen LogP contribution < -0.4 is 10.2 Å². The number of rotatable bonds is 6. The molecule has 154 valence electrons. The van der Waals surface area contributed by atoms with Crippen molar-refractivity contribution < 1.29 is 14.3 Å². The van der Waals surface area contributed by atoms with Crippen LogP contribution in [-0.4, -0.2) is 25.0 Å². The van der Waals surface area contributed by atoms with E-state index in [0.29, 0.717) is 12.5 Å². The first-order chi connectivity index (χ1) is 13.9. The summed E-state index contributed by atoms with van der Waals surface area (Å²) in [6.07, 6.45) is 2.24. The number of piperidine rings is 1. The van der Waals surface area contributed by atoms with Crippen LogP contribution in [0.15, 0.2) is 48.5 Å². The Hall–Kier alpha value is -2.82. The third-order valence-electron chi connectivity index (χ3n) is 5.57. The van der Waals surface area contributed by atoms with E-state index in [2.05, 4.69) is 46.6 Å². The molecule has 1 unspecified atom stereocenters. The van der Waals surface area contributed by atoms with Gasteiger partial charge in [0.2, 0.25) is 5.91 Å². The van der Waals surface area contributed by atoms with Crippen LogP contribution in [0.1, 0.15) is 62.3 Å². The molecule has 1 saturated heterocycles. The number of carbonyl (C=O) groups excluding carboxylic acids is 2. The average Bonchev–Trinajstić information content (AvgIpc) is 2.72. The van der Waals surface area contributed by atoms with Gasteiger partial charge in [0.05, 0.1) is 6.04 Å². The molecule has 1 aliphatic heterocycles. The third kappa shape index (κ3) is 5.83. The van der Waals surface area contributed by atoms with Gasteiger partial charge in [-0.15, -0.1) is 0 Å². The molecule has 1 atom stereocenters. The lowest BCUT2D eigenvalue weighted by atomic mass is 9.88. The van der Waals surface area contributed by atoms with E-state index in [1.807, 2.05) is 19.1 Å². The lowest BCUT2D eigenvalue weighted by Gasteiger charge is -2.34. The molecule has 29 heavy (non-hydrogen) atoms. The largest absolute Gasteiger partial charge is 0.461 e. The predicted molar refractivity (Wildman–Crippen MR) is 115 cm³/mol. The normalized spacial score (nSPS) is 15.6. The molecule has 3 rings (SSSR count). The van der Waals surface area contributed by atoms with Gasteiger partial charge in [0, 0.05) is 32.6 Å². The number of nitrogens with zero attached hydrogens (tertiary/aromatic N) is 1. The lowest BCUT2D eigenvalue weighted by Crippen LogP contribution is -2.32.